The minimum atomic E-state index is 0.0143. The lowest BCUT2D eigenvalue weighted by Gasteiger charge is -2.16. The van der Waals surface area contributed by atoms with Crippen LogP contribution in [0.1, 0.15) is 24.0 Å². The minimum Gasteiger partial charge on any atom is -0.381 e. The number of amides is 2. The number of nitrogens with one attached hydrogen (secondary N) is 1. The predicted octanol–water partition coefficient (Wildman–Crippen LogP) is 2.16. The van der Waals surface area contributed by atoms with E-state index in [1.54, 1.807) is 0 Å². The molecular formula is C17H24N2O3. The molecule has 5 nitrogen and oxygen atoms in total. The number of nitrogens with zero attached hydrogens (tertiary/aromatic N) is 1. The summed E-state index contributed by atoms with van der Waals surface area (Å²) >= 11 is 0. The number of hydrogen-bond acceptors (Lipinski definition) is 3. The van der Waals surface area contributed by atoms with E-state index in [0.29, 0.717) is 32.2 Å². The van der Waals surface area contributed by atoms with Gasteiger partial charge in [-0.25, -0.2) is 4.79 Å². The van der Waals surface area contributed by atoms with Crippen molar-refractivity contribution in [2.24, 2.45) is 5.92 Å². The maximum atomic E-state index is 12.1. The Bertz CT molecular complexity index is 475. The van der Waals surface area contributed by atoms with Crippen molar-refractivity contribution in [2.45, 2.75) is 25.9 Å². The summed E-state index contributed by atoms with van der Waals surface area (Å²) in [7, 11) is 0. The van der Waals surface area contributed by atoms with E-state index in [9.17, 15) is 4.79 Å². The second kappa shape index (κ2) is 7.61. The molecule has 0 spiro atoms. The van der Waals surface area contributed by atoms with Crippen LogP contribution in [0.4, 0.5) is 4.79 Å². The van der Waals surface area contributed by atoms with Crippen LogP contribution in [0.15, 0.2) is 24.3 Å². The van der Waals surface area contributed by atoms with Crippen molar-refractivity contribution in [3.8, 4) is 0 Å². The summed E-state index contributed by atoms with van der Waals surface area (Å²) < 4.78 is 10.9. The van der Waals surface area contributed by atoms with E-state index in [1.165, 1.54) is 11.1 Å². The van der Waals surface area contributed by atoms with Gasteiger partial charge in [0.25, 0.3) is 0 Å². The normalized spacial score (nSPS) is 20.2. The molecule has 0 aliphatic carbocycles. The van der Waals surface area contributed by atoms with Crippen molar-refractivity contribution in [3.05, 3.63) is 35.4 Å². The Kier molecular flexibility index (Phi) is 5.29. The number of benzene rings is 1. The summed E-state index contributed by atoms with van der Waals surface area (Å²) in [5.74, 6) is 0.553. The molecule has 2 aliphatic rings. The molecule has 2 aliphatic heterocycles. The van der Waals surface area contributed by atoms with Crippen molar-refractivity contribution in [2.75, 3.05) is 33.0 Å². The highest BCUT2D eigenvalue weighted by Gasteiger charge is 2.22. The van der Waals surface area contributed by atoms with E-state index in [0.717, 1.165) is 32.7 Å². The molecule has 2 heterocycles. The second-order valence-electron chi connectivity index (χ2n) is 6.01. The van der Waals surface area contributed by atoms with Crippen LogP contribution in [0.25, 0.3) is 0 Å². The van der Waals surface area contributed by atoms with Gasteiger partial charge in [0, 0.05) is 38.8 Å². The van der Waals surface area contributed by atoms with Crippen LogP contribution < -0.4 is 5.32 Å². The molecule has 2 amide bonds. The van der Waals surface area contributed by atoms with Gasteiger partial charge in [-0.3, -0.25) is 0 Å². The lowest BCUT2D eigenvalue weighted by molar-refractivity contribution is 0.0883. The first-order chi connectivity index (χ1) is 10.8. The fourth-order valence-electron chi connectivity index (χ4n) is 2.92. The van der Waals surface area contributed by atoms with Crippen LogP contribution in [0, 0.1) is 5.92 Å². The van der Waals surface area contributed by atoms with Gasteiger partial charge in [-0.05, 0) is 24.0 Å². The molecule has 0 unspecified atom stereocenters. The molecule has 0 saturated carbocycles. The first kappa shape index (κ1) is 15.3. The van der Waals surface area contributed by atoms with Crippen molar-refractivity contribution in [3.63, 3.8) is 0 Å². The van der Waals surface area contributed by atoms with Crippen LogP contribution in [0.5, 0.6) is 0 Å². The summed E-state index contributed by atoms with van der Waals surface area (Å²) in [5.41, 5.74) is 2.50. The van der Waals surface area contributed by atoms with E-state index in [1.807, 2.05) is 17.0 Å². The van der Waals surface area contributed by atoms with Crippen molar-refractivity contribution < 1.29 is 14.3 Å². The standard InChI is InChI=1S/C17H24N2O3/c20-17(19-10-15-4-1-2-5-16(15)11-19)18-7-3-8-21-12-14-6-9-22-13-14/h1-2,4-5,14H,3,6-13H2,(H,18,20)/t14-/m1/s1. The molecule has 0 radical (unpaired) electrons. The van der Waals surface area contributed by atoms with E-state index in [-0.39, 0.29) is 6.03 Å². The third kappa shape index (κ3) is 3.99. The summed E-state index contributed by atoms with van der Waals surface area (Å²) in [4.78, 5) is 14.0. The molecular weight excluding hydrogens is 280 g/mol. The van der Waals surface area contributed by atoms with Gasteiger partial charge in [-0.2, -0.15) is 0 Å². The van der Waals surface area contributed by atoms with Gasteiger partial charge in [-0.1, -0.05) is 24.3 Å². The first-order valence-electron chi connectivity index (χ1n) is 8.08. The maximum absolute atomic E-state index is 12.1. The zero-order valence-electron chi connectivity index (χ0n) is 12.9. The van der Waals surface area contributed by atoms with Crippen LogP contribution in [-0.2, 0) is 22.6 Å². The molecule has 1 fully saturated rings. The predicted molar refractivity (Wildman–Crippen MR) is 83.4 cm³/mol. The largest absolute Gasteiger partial charge is 0.381 e. The fraction of sp³-hybridized carbons (Fsp3) is 0.588. The average Bonchev–Trinajstić information content (AvgIpc) is 3.19. The van der Waals surface area contributed by atoms with Crippen molar-refractivity contribution >= 4 is 6.03 Å². The summed E-state index contributed by atoms with van der Waals surface area (Å²) in [6, 6.07) is 8.23. The molecule has 120 valence electrons. The Morgan fingerprint density at radius 1 is 1.32 bits per heavy atom. The molecule has 1 N–H and O–H groups in total. The quantitative estimate of drug-likeness (QED) is 0.819. The Labute approximate surface area is 131 Å². The van der Waals surface area contributed by atoms with Gasteiger partial charge in [0.2, 0.25) is 0 Å². The Morgan fingerprint density at radius 2 is 2.09 bits per heavy atom. The maximum Gasteiger partial charge on any atom is 0.318 e. The highest BCUT2D eigenvalue weighted by atomic mass is 16.5. The highest BCUT2D eigenvalue weighted by Crippen LogP contribution is 2.21. The molecule has 1 aromatic rings. The topological polar surface area (TPSA) is 50.8 Å². The number of ether oxygens (including phenoxy) is 2. The monoisotopic (exact) mass is 304 g/mol. The number of carbonyl (C=O) groups is 1. The van der Waals surface area contributed by atoms with Gasteiger partial charge in [-0.15, -0.1) is 0 Å². The van der Waals surface area contributed by atoms with Crippen molar-refractivity contribution in [1.82, 2.24) is 10.2 Å². The lowest BCUT2D eigenvalue weighted by Crippen LogP contribution is -2.37. The van der Waals surface area contributed by atoms with Crippen molar-refractivity contribution in [1.29, 1.82) is 0 Å². The number of urea groups is 1. The number of fused-ring (bicyclic) bond motifs is 1. The highest BCUT2D eigenvalue weighted by molar-refractivity contribution is 5.75. The summed E-state index contributed by atoms with van der Waals surface area (Å²) in [6.07, 6.45) is 1.95. The first-order valence-corrected chi connectivity index (χ1v) is 8.08. The number of rotatable bonds is 6. The van der Waals surface area contributed by atoms with Gasteiger partial charge < -0.3 is 19.7 Å². The smallest absolute Gasteiger partial charge is 0.318 e. The zero-order valence-corrected chi connectivity index (χ0v) is 12.9. The Morgan fingerprint density at radius 3 is 2.77 bits per heavy atom. The minimum absolute atomic E-state index is 0.0143. The van der Waals surface area contributed by atoms with Crippen LogP contribution >= 0.6 is 0 Å². The van der Waals surface area contributed by atoms with E-state index >= 15 is 0 Å². The summed E-state index contributed by atoms with van der Waals surface area (Å²) in [5, 5.41) is 2.97. The molecule has 0 bridgehead atoms. The van der Waals surface area contributed by atoms with Gasteiger partial charge in [0.05, 0.1) is 13.2 Å². The SMILES string of the molecule is O=C(NCCCOC[C@H]1CCOC1)N1Cc2ccccc2C1. The molecule has 3 rings (SSSR count). The molecule has 1 atom stereocenters. The van der Waals surface area contributed by atoms with Gasteiger partial charge in [0.1, 0.15) is 0 Å². The van der Waals surface area contributed by atoms with Gasteiger partial charge in [0.15, 0.2) is 0 Å². The molecule has 5 heteroatoms. The van der Waals surface area contributed by atoms with Gasteiger partial charge >= 0.3 is 6.03 Å². The lowest BCUT2D eigenvalue weighted by atomic mass is 10.1. The number of hydrogen-bond donors (Lipinski definition) is 1. The third-order valence-electron chi connectivity index (χ3n) is 4.25. The Hall–Kier alpha value is -1.59. The number of carbonyl (C=O) groups excluding carboxylic acids is 1. The average molecular weight is 304 g/mol. The van der Waals surface area contributed by atoms with E-state index < -0.39 is 0 Å². The molecule has 22 heavy (non-hydrogen) atoms. The second-order valence-corrected chi connectivity index (χ2v) is 6.01. The fourth-order valence-corrected chi connectivity index (χ4v) is 2.92. The van der Waals surface area contributed by atoms with Crippen LogP contribution in [0.2, 0.25) is 0 Å². The zero-order chi connectivity index (χ0) is 15.2. The summed E-state index contributed by atoms with van der Waals surface area (Å²) in [6.45, 7) is 5.23. The third-order valence-corrected chi connectivity index (χ3v) is 4.25. The molecule has 0 aromatic heterocycles. The van der Waals surface area contributed by atoms with E-state index in [4.69, 9.17) is 9.47 Å². The Balaban J connectivity index is 1.27. The van der Waals surface area contributed by atoms with E-state index in [2.05, 4.69) is 17.4 Å². The molecule has 1 saturated heterocycles. The van der Waals surface area contributed by atoms with Crippen LogP contribution in [0.3, 0.4) is 0 Å². The molecule has 1 aromatic carbocycles. The van der Waals surface area contributed by atoms with Crippen LogP contribution in [-0.4, -0.2) is 43.9 Å².